The number of alkyl carbamates (subject to hydrolysis) is 1. The van der Waals surface area contributed by atoms with E-state index >= 15 is 0 Å². The highest BCUT2D eigenvalue weighted by Crippen LogP contribution is 2.44. The van der Waals surface area contributed by atoms with Crippen LogP contribution in [0.25, 0.3) is 11.1 Å². The molecular weight excluding hydrogens is 448 g/mol. The van der Waals surface area contributed by atoms with E-state index in [1.54, 1.807) is 30.3 Å². The van der Waals surface area contributed by atoms with Crippen LogP contribution in [0.1, 0.15) is 28.7 Å². The number of ether oxygens (including phenoxy) is 2. The number of aliphatic carboxylic acids is 1. The summed E-state index contributed by atoms with van der Waals surface area (Å²) < 4.78 is 10.7. The number of hydrogen-bond donors (Lipinski definition) is 3. The van der Waals surface area contributed by atoms with Crippen molar-refractivity contribution in [1.82, 2.24) is 10.6 Å². The number of carboxylic acid groups (broad SMARTS) is 1. The summed E-state index contributed by atoms with van der Waals surface area (Å²) >= 11 is 0. The fraction of sp³-hybridized carbons (Fsp3) is 0.222. The van der Waals surface area contributed by atoms with Crippen LogP contribution in [0.15, 0.2) is 78.9 Å². The van der Waals surface area contributed by atoms with Crippen LogP contribution in [0.5, 0.6) is 0 Å². The summed E-state index contributed by atoms with van der Waals surface area (Å²) in [5.41, 5.74) is 5.03. The maximum atomic E-state index is 12.2. The fourth-order valence-corrected chi connectivity index (χ4v) is 4.18. The Hall–Kier alpha value is -4.17. The Morgan fingerprint density at radius 2 is 1.46 bits per heavy atom. The van der Waals surface area contributed by atoms with Crippen molar-refractivity contribution in [2.24, 2.45) is 0 Å². The van der Waals surface area contributed by atoms with E-state index in [2.05, 4.69) is 22.8 Å². The first kappa shape index (κ1) is 24.0. The molecule has 3 aromatic carbocycles. The molecule has 2 amide bonds. The molecule has 4 rings (SSSR count). The standard InChI is InChI=1S/C27H26N2O6/c30-24(29-25(26(31)32)18-8-2-1-3-9-18)17-34-15-14-28-27(33)35-16-23-21-12-6-4-10-19(21)20-11-5-7-13-22(20)23/h1-13,23,25H,14-17H2,(H,28,33)(H,29,30)(H,31,32). The number of fused-ring (bicyclic) bond motifs is 3. The van der Waals surface area contributed by atoms with Gasteiger partial charge in [-0.3, -0.25) is 4.79 Å². The van der Waals surface area contributed by atoms with E-state index in [1.807, 2.05) is 36.4 Å². The van der Waals surface area contributed by atoms with E-state index < -0.39 is 24.0 Å². The van der Waals surface area contributed by atoms with Crippen LogP contribution in [-0.2, 0) is 19.1 Å². The molecule has 180 valence electrons. The predicted octanol–water partition coefficient (Wildman–Crippen LogP) is 3.48. The number of amides is 2. The highest BCUT2D eigenvalue weighted by atomic mass is 16.5. The van der Waals surface area contributed by atoms with Crippen molar-refractivity contribution in [3.05, 3.63) is 95.6 Å². The zero-order valence-corrected chi connectivity index (χ0v) is 19.0. The minimum Gasteiger partial charge on any atom is -0.479 e. The maximum absolute atomic E-state index is 12.2. The van der Waals surface area contributed by atoms with Crippen LogP contribution < -0.4 is 10.6 Å². The summed E-state index contributed by atoms with van der Waals surface area (Å²) in [6, 6.07) is 23.4. The largest absolute Gasteiger partial charge is 0.479 e. The summed E-state index contributed by atoms with van der Waals surface area (Å²) in [6.45, 7) is 0.0911. The van der Waals surface area contributed by atoms with Gasteiger partial charge in [-0.1, -0.05) is 78.9 Å². The molecule has 1 aliphatic carbocycles. The van der Waals surface area contributed by atoms with Crippen molar-refractivity contribution in [1.29, 1.82) is 0 Å². The van der Waals surface area contributed by atoms with Crippen molar-refractivity contribution >= 4 is 18.0 Å². The molecular formula is C27H26N2O6. The van der Waals surface area contributed by atoms with Crippen LogP contribution in [0.3, 0.4) is 0 Å². The second kappa shape index (κ2) is 11.3. The highest BCUT2D eigenvalue weighted by Gasteiger charge is 2.29. The molecule has 0 heterocycles. The van der Waals surface area contributed by atoms with Gasteiger partial charge in [-0.05, 0) is 27.8 Å². The average molecular weight is 475 g/mol. The van der Waals surface area contributed by atoms with E-state index in [4.69, 9.17) is 9.47 Å². The molecule has 1 atom stereocenters. The zero-order chi connectivity index (χ0) is 24.6. The predicted molar refractivity (Wildman–Crippen MR) is 129 cm³/mol. The van der Waals surface area contributed by atoms with Crippen molar-refractivity contribution in [3.63, 3.8) is 0 Å². The van der Waals surface area contributed by atoms with Gasteiger partial charge in [0.15, 0.2) is 6.04 Å². The minimum absolute atomic E-state index is 0.0279. The Labute approximate surface area is 202 Å². The van der Waals surface area contributed by atoms with Gasteiger partial charge >= 0.3 is 12.1 Å². The molecule has 0 aromatic heterocycles. The molecule has 0 radical (unpaired) electrons. The molecule has 0 saturated heterocycles. The van der Waals surface area contributed by atoms with Crippen LogP contribution >= 0.6 is 0 Å². The third-order valence-electron chi connectivity index (χ3n) is 5.78. The van der Waals surface area contributed by atoms with Crippen LogP contribution in [0, 0.1) is 0 Å². The molecule has 1 aliphatic rings. The normalized spacial score (nSPS) is 12.8. The van der Waals surface area contributed by atoms with Gasteiger partial charge in [0.05, 0.1) is 6.61 Å². The lowest BCUT2D eigenvalue weighted by Crippen LogP contribution is -2.36. The molecule has 0 aliphatic heterocycles. The zero-order valence-electron chi connectivity index (χ0n) is 19.0. The Morgan fingerprint density at radius 3 is 2.09 bits per heavy atom. The first-order valence-electron chi connectivity index (χ1n) is 11.3. The molecule has 0 fully saturated rings. The Morgan fingerprint density at radius 1 is 0.857 bits per heavy atom. The first-order chi connectivity index (χ1) is 17.0. The number of rotatable bonds is 10. The molecule has 8 nitrogen and oxygen atoms in total. The molecule has 3 N–H and O–H groups in total. The van der Waals surface area contributed by atoms with E-state index in [1.165, 1.54) is 0 Å². The second-order valence-corrected chi connectivity index (χ2v) is 8.05. The lowest BCUT2D eigenvalue weighted by molar-refractivity contribution is -0.142. The first-order valence-corrected chi connectivity index (χ1v) is 11.3. The van der Waals surface area contributed by atoms with Crippen molar-refractivity contribution in [2.75, 3.05) is 26.4 Å². The van der Waals surface area contributed by atoms with Gasteiger partial charge in [0.1, 0.15) is 13.2 Å². The van der Waals surface area contributed by atoms with Gasteiger partial charge < -0.3 is 25.2 Å². The molecule has 35 heavy (non-hydrogen) atoms. The van der Waals surface area contributed by atoms with Gasteiger partial charge in [0.25, 0.3) is 0 Å². The highest BCUT2D eigenvalue weighted by molar-refractivity contribution is 5.85. The molecule has 8 heteroatoms. The lowest BCUT2D eigenvalue weighted by atomic mass is 9.98. The number of carbonyl (C=O) groups excluding carboxylic acids is 2. The molecule has 0 bridgehead atoms. The maximum Gasteiger partial charge on any atom is 0.407 e. The van der Waals surface area contributed by atoms with Gasteiger partial charge in [0.2, 0.25) is 5.91 Å². The molecule has 3 aromatic rings. The smallest absolute Gasteiger partial charge is 0.407 e. The average Bonchev–Trinajstić information content (AvgIpc) is 3.20. The van der Waals surface area contributed by atoms with Gasteiger partial charge in [-0.25, -0.2) is 9.59 Å². The van der Waals surface area contributed by atoms with E-state index in [0.717, 1.165) is 22.3 Å². The third-order valence-corrected chi connectivity index (χ3v) is 5.78. The van der Waals surface area contributed by atoms with Crippen molar-refractivity contribution < 1.29 is 29.0 Å². The summed E-state index contributed by atoms with van der Waals surface area (Å²) in [6.07, 6.45) is -0.574. The quantitative estimate of drug-likeness (QED) is 0.388. The summed E-state index contributed by atoms with van der Waals surface area (Å²) in [5.74, 6) is -1.76. The molecule has 0 saturated carbocycles. The third kappa shape index (κ3) is 5.85. The van der Waals surface area contributed by atoms with Crippen LogP contribution in [-0.4, -0.2) is 49.4 Å². The summed E-state index contributed by atoms with van der Waals surface area (Å²) in [4.78, 5) is 35.7. The SMILES string of the molecule is O=C(COCCNC(=O)OCC1c2ccccc2-c2ccccc21)NC(C(=O)O)c1ccccc1. The monoisotopic (exact) mass is 474 g/mol. The topological polar surface area (TPSA) is 114 Å². The minimum atomic E-state index is -1.17. The number of carboxylic acids is 1. The van der Waals surface area contributed by atoms with Crippen molar-refractivity contribution in [3.8, 4) is 11.1 Å². The number of hydrogen-bond acceptors (Lipinski definition) is 5. The number of benzene rings is 3. The molecule has 0 spiro atoms. The fourth-order valence-electron chi connectivity index (χ4n) is 4.18. The van der Waals surface area contributed by atoms with E-state index in [-0.39, 0.29) is 32.3 Å². The van der Waals surface area contributed by atoms with Crippen LogP contribution in [0.4, 0.5) is 4.79 Å². The van der Waals surface area contributed by atoms with E-state index in [9.17, 15) is 19.5 Å². The van der Waals surface area contributed by atoms with Gasteiger partial charge in [0, 0.05) is 12.5 Å². The van der Waals surface area contributed by atoms with Crippen LogP contribution in [0.2, 0.25) is 0 Å². The molecule has 1 unspecified atom stereocenters. The summed E-state index contributed by atoms with van der Waals surface area (Å²) in [7, 11) is 0. The Kier molecular flexibility index (Phi) is 7.74. The Balaban J connectivity index is 1.18. The van der Waals surface area contributed by atoms with Gasteiger partial charge in [-0.15, -0.1) is 0 Å². The van der Waals surface area contributed by atoms with Crippen molar-refractivity contribution in [2.45, 2.75) is 12.0 Å². The summed E-state index contributed by atoms with van der Waals surface area (Å²) in [5, 5.41) is 14.4. The second-order valence-electron chi connectivity index (χ2n) is 8.05. The number of nitrogens with one attached hydrogen (secondary N) is 2. The lowest BCUT2D eigenvalue weighted by Gasteiger charge is -2.15. The Bertz CT molecular complexity index is 1150. The number of carbonyl (C=O) groups is 3. The van der Waals surface area contributed by atoms with Gasteiger partial charge in [-0.2, -0.15) is 0 Å². The van der Waals surface area contributed by atoms with E-state index in [0.29, 0.717) is 5.56 Å².